The summed E-state index contributed by atoms with van der Waals surface area (Å²) in [7, 11) is 0. The van der Waals surface area contributed by atoms with Crippen molar-refractivity contribution >= 4 is 23.4 Å². The van der Waals surface area contributed by atoms with Crippen molar-refractivity contribution in [1.82, 2.24) is 14.9 Å². The van der Waals surface area contributed by atoms with Gasteiger partial charge in [0.1, 0.15) is 5.69 Å². The second-order valence-electron chi connectivity index (χ2n) is 7.06. The van der Waals surface area contributed by atoms with E-state index >= 15 is 0 Å². The zero-order valence-corrected chi connectivity index (χ0v) is 14.7. The fraction of sp³-hybridized carbons (Fsp3) is 0.688. The van der Waals surface area contributed by atoms with Gasteiger partial charge >= 0.3 is 5.69 Å². The van der Waals surface area contributed by atoms with Crippen LogP contribution < -0.4 is 16.8 Å². The molecule has 2 aliphatic rings. The number of carbonyl (C=O) groups excluding carboxylic acids is 1. The highest BCUT2D eigenvalue weighted by Gasteiger charge is 2.28. The van der Waals surface area contributed by atoms with Gasteiger partial charge in [-0.2, -0.15) is 4.98 Å². The normalized spacial score (nSPS) is 22.6. The maximum Gasteiger partial charge on any atom is 0.332 e. The number of aromatic nitrogens is 2. The third kappa shape index (κ3) is 4.18. The molecule has 1 aliphatic heterocycles. The second kappa shape index (κ2) is 7.81. The second-order valence-corrected chi connectivity index (χ2v) is 7.06. The summed E-state index contributed by atoms with van der Waals surface area (Å²) in [5.74, 6) is 0.230. The standard InChI is InChI=1S/C16H25N7O3/c17-11-4-2-10(3-5-11)8-12-14(23(25)26)15(18)21-16(20-12)19-9-13(24)22-6-1-7-22/h10-11H,1-9,17H2,(H3,18,19,20,21). The highest BCUT2D eigenvalue weighted by molar-refractivity contribution is 5.81. The molecule has 0 spiro atoms. The average Bonchev–Trinajstić information content (AvgIpc) is 2.53. The zero-order valence-electron chi connectivity index (χ0n) is 14.7. The van der Waals surface area contributed by atoms with E-state index in [1.807, 2.05) is 0 Å². The van der Waals surface area contributed by atoms with Crippen LogP contribution in [0.15, 0.2) is 0 Å². The third-order valence-corrected chi connectivity index (χ3v) is 5.15. The molecular formula is C16H25N7O3. The largest absolute Gasteiger partial charge is 0.378 e. The molecule has 0 atom stereocenters. The van der Waals surface area contributed by atoms with Crippen molar-refractivity contribution in [3.63, 3.8) is 0 Å². The van der Waals surface area contributed by atoms with Crippen LogP contribution in [-0.4, -0.2) is 51.4 Å². The van der Waals surface area contributed by atoms with Gasteiger partial charge in [0.15, 0.2) is 0 Å². The van der Waals surface area contributed by atoms with Crippen molar-refractivity contribution < 1.29 is 9.72 Å². The lowest BCUT2D eigenvalue weighted by molar-refractivity contribution is -0.385. The number of rotatable bonds is 6. The van der Waals surface area contributed by atoms with Gasteiger partial charge in [-0.1, -0.05) is 0 Å². The molecule has 1 aromatic rings. The molecular weight excluding hydrogens is 338 g/mol. The fourth-order valence-electron chi connectivity index (χ4n) is 3.44. The van der Waals surface area contributed by atoms with Crippen molar-refractivity contribution in [3.8, 4) is 0 Å². The Morgan fingerprint density at radius 3 is 2.54 bits per heavy atom. The minimum absolute atomic E-state index is 0.0420. The Bertz CT molecular complexity index is 685. The summed E-state index contributed by atoms with van der Waals surface area (Å²) < 4.78 is 0. The zero-order chi connectivity index (χ0) is 18.7. The number of hydrogen-bond acceptors (Lipinski definition) is 8. The molecule has 2 heterocycles. The van der Waals surface area contributed by atoms with Gasteiger partial charge in [0.05, 0.1) is 11.5 Å². The summed E-state index contributed by atoms with van der Waals surface area (Å²) in [5.41, 5.74) is 11.8. The summed E-state index contributed by atoms with van der Waals surface area (Å²) >= 11 is 0. The maximum absolute atomic E-state index is 11.9. The molecule has 1 aromatic heterocycles. The number of nitrogens with zero attached hydrogens (tertiary/aromatic N) is 4. The Morgan fingerprint density at radius 2 is 1.96 bits per heavy atom. The van der Waals surface area contributed by atoms with E-state index in [9.17, 15) is 14.9 Å². The van der Waals surface area contributed by atoms with E-state index in [-0.39, 0.29) is 35.9 Å². The molecule has 0 bridgehead atoms. The Hall–Kier alpha value is -2.49. The smallest absolute Gasteiger partial charge is 0.332 e. The molecule has 1 saturated heterocycles. The van der Waals surface area contributed by atoms with Crippen LogP contribution in [0.25, 0.3) is 0 Å². The molecule has 1 aliphatic carbocycles. The van der Waals surface area contributed by atoms with Gasteiger partial charge in [0.2, 0.25) is 17.7 Å². The van der Waals surface area contributed by atoms with Crippen LogP contribution in [0.3, 0.4) is 0 Å². The number of amides is 1. The van der Waals surface area contributed by atoms with Crippen molar-refractivity contribution in [3.05, 3.63) is 15.8 Å². The Balaban J connectivity index is 1.73. The lowest BCUT2D eigenvalue weighted by atomic mass is 9.83. The molecule has 5 N–H and O–H groups in total. The Kier molecular flexibility index (Phi) is 5.50. The van der Waals surface area contributed by atoms with Gasteiger partial charge in [-0.25, -0.2) is 4.98 Å². The molecule has 0 aromatic carbocycles. The highest BCUT2D eigenvalue weighted by Crippen LogP contribution is 2.31. The van der Waals surface area contributed by atoms with Crippen molar-refractivity contribution in [1.29, 1.82) is 0 Å². The summed E-state index contributed by atoms with van der Waals surface area (Å²) in [4.78, 5) is 32.8. The van der Waals surface area contributed by atoms with E-state index in [0.717, 1.165) is 45.2 Å². The van der Waals surface area contributed by atoms with E-state index in [2.05, 4.69) is 15.3 Å². The quantitative estimate of drug-likeness (QED) is 0.492. The van der Waals surface area contributed by atoms with Gasteiger partial charge in [-0.15, -0.1) is 0 Å². The summed E-state index contributed by atoms with van der Waals surface area (Å²) in [6.45, 7) is 1.58. The minimum atomic E-state index is -0.534. The van der Waals surface area contributed by atoms with E-state index in [0.29, 0.717) is 18.0 Å². The summed E-state index contributed by atoms with van der Waals surface area (Å²) in [5, 5.41) is 14.2. The van der Waals surface area contributed by atoms with Crippen LogP contribution in [0.1, 0.15) is 37.8 Å². The third-order valence-electron chi connectivity index (χ3n) is 5.15. The van der Waals surface area contributed by atoms with Gasteiger partial charge in [-0.05, 0) is 44.4 Å². The first kappa shape index (κ1) is 18.3. The molecule has 0 radical (unpaired) electrons. The van der Waals surface area contributed by atoms with Crippen molar-refractivity contribution in [2.24, 2.45) is 11.7 Å². The fourth-order valence-corrected chi connectivity index (χ4v) is 3.44. The maximum atomic E-state index is 11.9. The molecule has 10 heteroatoms. The average molecular weight is 363 g/mol. The van der Waals surface area contributed by atoms with Crippen molar-refractivity contribution in [2.75, 3.05) is 30.7 Å². The molecule has 2 fully saturated rings. The first-order valence-electron chi connectivity index (χ1n) is 9.02. The van der Waals surface area contributed by atoms with Gasteiger partial charge < -0.3 is 21.7 Å². The molecule has 0 unspecified atom stereocenters. The van der Waals surface area contributed by atoms with Gasteiger partial charge in [0, 0.05) is 19.1 Å². The topological polar surface area (TPSA) is 153 Å². The minimum Gasteiger partial charge on any atom is -0.378 e. The number of anilines is 2. The SMILES string of the molecule is Nc1nc(NCC(=O)N2CCC2)nc(CC2CCC(N)CC2)c1[N+](=O)[O-]. The number of nitro groups is 1. The van der Waals surface area contributed by atoms with E-state index in [1.54, 1.807) is 4.90 Å². The number of carbonyl (C=O) groups is 1. The van der Waals surface area contributed by atoms with Crippen LogP contribution in [-0.2, 0) is 11.2 Å². The summed E-state index contributed by atoms with van der Waals surface area (Å²) in [6, 6.07) is 0.210. The van der Waals surface area contributed by atoms with Crippen LogP contribution >= 0.6 is 0 Å². The van der Waals surface area contributed by atoms with Crippen molar-refractivity contribution in [2.45, 2.75) is 44.6 Å². The lowest BCUT2D eigenvalue weighted by Crippen LogP contribution is -2.44. The van der Waals surface area contributed by atoms with E-state index in [4.69, 9.17) is 11.5 Å². The Labute approximate surface area is 151 Å². The molecule has 10 nitrogen and oxygen atoms in total. The number of likely N-dealkylation sites (tertiary alicyclic amines) is 1. The number of nitrogens with one attached hydrogen (secondary N) is 1. The van der Waals surface area contributed by atoms with E-state index in [1.165, 1.54) is 0 Å². The Morgan fingerprint density at radius 1 is 1.27 bits per heavy atom. The van der Waals surface area contributed by atoms with Gasteiger partial charge in [-0.3, -0.25) is 14.9 Å². The lowest BCUT2D eigenvalue weighted by Gasteiger charge is -2.30. The van der Waals surface area contributed by atoms with Gasteiger partial charge in [0.25, 0.3) is 0 Å². The molecule has 26 heavy (non-hydrogen) atoms. The van der Waals surface area contributed by atoms with E-state index < -0.39 is 4.92 Å². The molecule has 1 amide bonds. The monoisotopic (exact) mass is 363 g/mol. The van der Waals surface area contributed by atoms with Crippen LogP contribution in [0.5, 0.6) is 0 Å². The predicted molar refractivity (Wildman–Crippen MR) is 96.4 cm³/mol. The molecule has 1 saturated carbocycles. The number of hydrogen-bond donors (Lipinski definition) is 3. The molecule has 3 rings (SSSR count). The number of nitrogens with two attached hydrogens (primary N) is 2. The van der Waals surface area contributed by atoms with Crippen LogP contribution in [0, 0.1) is 16.0 Å². The highest BCUT2D eigenvalue weighted by atomic mass is 16.6. The predicted octanol–water partition coefficient (Wildman–Crippen LogP) is 0.671. The first-order valence-corrected chi connectivity index (χ1v) is 9.02. The van der Waals surface area contributed by atoms with Crippen LogP contribution in [0.2, 0.25) is 0 Å². The first-order chi connectivity index (χ1) is 12.4. The van der Waals surface area contributed by atoms with Crippen LogP contribution in [0.4, 0.5) is 17.5 Å². The summed E-state index contributed by atoms with van der Waals surface area (Å²) in [6.07, 6.45) is 5.13. The number of nitrogen functional groups attached to an aromatic ring is 1. The molecule has 142 valence electrons.